The van der Waals surface area contributed by atoms with Crippen molar-refractivity contribution in [3.8, 4) is 0 Å². The fourth-order valence-electron chi connectivity index (χ4n) is 1.77. The van der Waals surface area contributed by atoms with Gasteiger partial charge in [0.05, 0.1) is 0 Å². The third-order valence-corrected chi connectivity index (χ3v) is 3.31. The molecule has 0 fully saturated rings. The number of unbranched alkanes of at least 4 members (excludes halogenated alkanes) is 1. The highest BCUT2D eigenvalue weighted by Gasteiger charge is 2.07. The molecule has 0 saturated heterocycles. The van der Waals surface area contributed by atoms with Gasteiger partial charge in [0.1, 0.15) is 0 Å². The molecule has 0 rings (SSSR count). The smallest absolute Gasteiger partial charge is 0 e. The predicted octanol–water partition coefficient (Wildman–Crippen LogP) is 5.28. The van der Waals surface area contributed by atoms with E-state index in [1.165, 1.54) is 44.9 Å². The van der Waals surface area contributed by atoms with E-state index in [-0.39, 0.29) is 1.43 Å². The van der Waals surface area contributed by atoms with Crippen molar-refractivity contribution >= 4 is 0 Å². The third-order valence-electron chi connectivity index (χ3n) is 3.31. The summed E-state index contributed by atoms with van der Waals surface area (Å²) < 4.78 is 0. The van der Waals surface area contributed by atoms with Crippen molar-refractivity contribution in [2.45, 2.75) is 72.6 Å². The van der Waals surface area contributed by atoms with Crippen LogP contribution in [0.4, 0.5) is 0 Å². The Hall–Kier alpha value is 0. The Bertz CT molecular complexity index is 101. The van der Waals surface area contributed by atoms with Gasteiger partial charge in [0.25, 0.3) is 0 Å². The van der Waals surface area contributed by atoms with E-state index in [0.29, 0.717) is 0 Å². The van der Waals surface area contributed by atoms with Crippen LogP contribution in [0.2, 0.25) is 0 Å². The topological polar surface area (TPSA) is 0 Å². The summed E-state index contributed by atoms with van der Waals surface area (Å²) in [5, 5.41) is 0. The lowest BCUT2D eigenvalue weighted by Gasteiger charge is -2.16. The van der Waals surface area contributed by atoms with E-state index in [0.717, 1.165) is 11.8 Å². The van der Waals surface area contributed by atoms with Gasteiger partial charge in [0, 0.05) is 1.43 Å². The van der Waals surface area contributed by atoms with Gasteiger partial charge in [-0.05, 0) is 11.8 Å². The molecule has 0 bridgehead atoms. The highest BCUT2D eigenvalue weighted by atomic mass is 14.1. The third kappa shape index (κ3) is 7.10. The molecule has 0 aliphatic heterocycles. The fourth-order valence-corrected chi connectivity index (χ4v) is 1.77. The lowest BCUT2D eigenvalue weighted by Crippen LogP contribution is -2.02. The van der Waals surface area contributed by atoms with E-state index in [1.54, 1.807) is 0 Å². The van der Waals surface area contributed by atoms with Crippen molar-refractivity contribution in [1.82, 2.24) is 0 Å². The first-order valence-corrected chi connectivity index (χ1v) is 6.24. The van der Waals surface area contributed by atoms with E-state index >= 15 is 0 Å². The van der Waals surface area contributed by atoms with Crippen LogP contribution < -0.4 is 0 Å². The van der Waals surface area contributed by atoms with Crippen LogP contribution in [-0.4, -0.2) is 0 Å². The second-order valence-corrected chi connectivity index (χ2v) is 4.51. The highest BCUT2D eigenvalue weighted by molar-refractivity contribution is 4.60. The van der Waals surface area contributed by atoms with E-state index in [9.17, 15) is 0 Å². The van der Waals surface area contributed by atoms with Gasteiger partial charge in [0.15, 0.2) is 0 Å². The molecule has 0 aliphatic rings. The lowest BCUT2D eigenvalue weighted by atomic mass is 9.90. The van der Waals surface area contributed by atoms with Crippen molar-refractivity contribution in [2.24, 2.45) is 11.8 Å². The molecule has 2 atom stereocenters. The number of rotatable bonds is 8. The summed E-state index contributed by atoms with van der Waals surface area (Å²) in [6.45, 7) is 9.32. The van der Waals surface area contributed by atoms with Gasteiger partial charge in [-0.25, -0.2) is 0 Å². The Balaban J connectivity index is 0. The SMILES string of the molecule is CCCCC(CC)CCC(C)CC.[HH]. The highest BCUT2D eigenvalue weighted by Crippen LogP contribution is 2.21. The molecule has 0 radical (unpaired) electrons. The second-order valence-electron chi connectivity index (χ2n) is 4.51. The summed E-state index contributed by atoms with van der Waals surface area (Å²) in [5.74, 6) is 1.95. The summed E-state index contributed by atoms with van der Waals surface area (Å²) in [6, 6.07) is 0. The van der Waals surface area contributed by atoms with Crippen molar-refractivity contribution < 1.29 is 1.43 Å². The zero-order valence-corrected chi connectivity index (χ0v) is 10.1. The quantitative estimate of drug-likeness (QED) is 0.484. The monoisotopic (exact) mass is 186 g/mol. The van der Waals surface area contributed by atoms with Crippen molar-refractivity contribution in [2.75, 3.05) is 0 Å². The summed E-state index contributed by atoms with van der Waals surface area (Å²) >= 11 is 0. The average Bonchev–Trinajstić information content (AvgIpc) is 2.17. The van der Waals surface area contributed by atoms with Gasteiger partial charge in [0.2, 0.25) is 0 Å². The Labute approximate surface area is 86.6 Å². The van der Waals surface area contributed by atoms with Gasteiger partial charge in [-0.2, -0.15) is 0 Å². The van der Waals surface area contributed by atoms with Gasteiger partial charge < -0.3 is 0 Å². The molecule has 0 aromatic carbocycles. The fraction of sp³-hybridized carbons (Fsp3) is 1.00. The van der Waals surface area contributed by atoms with Crippen LogP contribution in [0.3, 0.4) is 0 Å². The van der Waals surface area contributed by atoms with Gasteiger partial charge in [-0.1, -0.05) is 72.6 Å². The van der Waals surface area contributed by atoms with E-state index in [1.807, 2.05) is 0 Å². The summed E-state index contributed by atoms with van der Waals surface area (Å²) in [6.07, 6.45) is 9.90. The molecular weight excluding hydrogens is 156 g/mol. The molecule has 0 spiro atoms. The molecule has 0 aliphatic carbocycles. The largest absolute Gasteiger partial charge is 0.0654 e. The Morgan fingerprint density at radius 1 is 0.923 bits per heavy atom. The first-order valence-electron chi connectivity index (χ1n) is 6.24. The lowest BCUT2D eigenvalue weighted by molar-refractivity contribution is 0.367. The van der Waals surface area contributed by atoms with E-state index < -0.39 is 0 Å². The predicted molar refractivity (Wildman–Crippen MR) is 64.1 cm³/mol. The zero-order chi connectivity index (χ0) is 10.1. The Morgan fingerprint density at radius 3 is 2.08 bits per heavy atom. The molecule has 2 unspecified atom stereocenters. The molecule has 82 valence electrons. The Kier molecular flexibility index (Phi) is 8.59. The van der Waals surface area contributed by atoms with Gasteiger partial charge in [-0.3, -0.25) is 0 Å². The van der Waals surface area contributed by atoms with Crippen LogP contribution in [0.15, 0.2) is 0 Å². The molecule has 0 amide bonds. The van der Waals surface area contributed by atoms with Crippen LogP contribution in [0, 0.1) is 11.8 Å². The first kappa shape index (κ1) is 13.0. The summed E-state index contributed by atoms with van der Waals surface area (Å²) in [7, 11) is 0. The van der Waals surface area contributed by atoms with Crippen molar-refractivity contribution in [1.29, 1.82) is 0 Å². The maximum absolute atomic E-state index is 2.38. The van der Waals surface area contributed by atoms with Crippen LogP contribution in [-0.2, 0) is 0 Å². The van der Waals surface area contributed by atoms with Gasteiger partial charge in [-0.15, -0.1) is 0 Å². The normalized spacial score (nSPS) is 15.7. The van der Waals surface area contributed by atoms with E-state index in [2.05, 4.69) is 27.7 Å². The van der Waals surface area contributed by atoms with Crippen LogP contribution in [0.25, 0.3) is 0 Å². The molecule has 0 heteroatoms. The van der Waals surface area contributed by atoms with Crippen LogP contribution in [0.5, 0.6) is 0 Å². The van der Waals surface area contributed by atoms with E-state index in [4.69, 9.17) is 0 Å². The summed E-state index contributed by atoms with van der Waals surface area (Å²) in [5.41, 5.74) is 0. The summed E-state index contributed by atoms with van der Waals surface area (Å²) in [4.78, 5) is 0. The standard InChI is InChI=1S/C13H28.H2/c1-5-8-9-13(7-3)11-10-12(4)6-2;/h12-13H,5-11H2,1-4H3;1H. The molecule has 0 aromatic heterocycles. The average molecular weight is 186 g/mol. The van der Waals surface area contributed by atoms with Gasteiger partial charge >= 0.3 is 0 Å². The molecule has 13 heavy (non-hydrogen) atoms. The van der Waals surface area contributed by atoms with Crippen molar-refractivity contribution in [3.05, 3.63) is 0 Å². The molecular formula is C13H30. The maximum Gasteiger partial charge on any atom is 0 e. The zero-order valence-electron chi connectivity index (χ0n) is 10.1. The molecule has 0 aromatic rings. The minimum absolute atomic E-state index is 0. The molecule has 0 N–H and O–H groups in total. The molecule has 0 nitrogen and oxygen atoms in total. The second kappa shape index (κ2) is 8.59. The molecule has 0 heterocycles. The number of hydrogen-bond acceptors (Lipinski definition) is 0. The molecule has 0 saturated carbocycles. The minimum Gasteiger partial charge on any atom is -0.0654 e. The number of hydrogen-bond donors (Lipinski definition) is 0. The maximum atomic E-state index is 2.38. The first-order chi connectivity index (χ1) is 6.24. The minimum atomic E-state index is 0. The van der Waals surface area contributed by atoms with Crippen molar-refractivity contribution in [3.63, 3.8) is 0 Å². The van der Waals surface area contributed by atoms with Crippen LogP contribution >= 0.6 is 0 Å². The van der Waals surface area contributed by atoms with Crippen LogP contribution in [0.1, 0.15) is 74.1 Å². The Morgan fingerprint density at radius 2 is 1.62 bits per heavy atom.